The van der Waals surface area contributed by atoms with Crippen molar-refractivity contribution < 1.29 is 9.59 Å². The van der Waals surface area contributed by atoms with Crippen molar-refractivity contribution in [2.75, 3.05) is 26.2 Å². The van der Waals surface area contributed by atoms with Gasteiger partial charge in [-0.2, -0.15) is 0 Å². The standard InChI is InChI=1S/C18H21BrN4O3/c1-13(24)21-6-2-7-22(10-9-21)17(25)5-8-23-12-20-16-4-3-14(19)11-15(16)18(23)26/h3-4,11-12H,2,5-10H2,1H3. The summed E-state index contributed by atoms with van der Waals surface area (Å²) in [6.07, 6.45) is 2.50. The second kappa shape index (κ2) is 7.99. The zero-order valence-corrected chi connectivity index (χ0v) is 16.2. The van der Waals surface area contributed by atoms with E-state index in [0.29, 0.717) is 43.6 Å². The third kappa shape index (κ3) is 4.12. The number of halogens is 1. The summed E-state index contributed by atoms with van der Waals surface area (Å²) in [6, 6.07) is 5.37. The minimum Gasteiger partial charge on any atom is -0.341 e. The summed E-state index contributed by atoms with van der Waals surface area (Å²) in [6.45, 7) is 4.26. The summed E-state index contributed by atoms with van der Waals surface area (Å²) in [4.78, 5) is 44.4. The number of benzene rings is 1. The first kappa shape index (κ1) is 18.6. The van der Waals surface area contributed by atoms with Gasteiger partial charge in [-0.1, -0.05) is 15.9 Å². The highest BCUT2D eigenvalue weighted by Gasteiger charge is 2.20. The lowest BCUT2D eigenvalue weighted by molar-refractivity contribution is -0.132. The van der Waals surface area contributed by atoms with Gasteiger partial charge in [0, 0.05) is 50.5 Å². The van der Waals surface area contributed by atoms with E-state index in [0.717, 1.165) is 10.9 Å². The summed E-state index contributed by atoms with van der Waals surface area (Å²) in [7, 11) is 0. The molecule has 0 atom stereocenters. The number of carbonyl (C=O) groups excluding carboxylic acids is 2. The SMILES string of the molecule is CC(=O)N1CCCN(C(=O)CCn2cnc3ccc(Br)cc3c2=O)CC1. The highest BCUT2D eigenvalue weighted by Crippen LogP contribution is 2.15. The van der Waals surface area contributed by atoms with Crippen molar-refractivity contribution in [2.45, 2.75) is 26.3 Å². The van der Waals surface area contributed by atoms with Crippen LogP contribution in [0.2, 0.25) is 0 Å². The smallest absolute Gasteiger partial charge is 0.261 e. The van der Waals surface area contributed by atoms with Gasteiger partial charge < -0.3 is 9.80 Å². The van der Waals surface area contributed by atoms with Gasteiger partial charge in [0.05, 0.1) is 17.2 Å². The summed E-state index contributed by atoms with van der Waals surface area (Å²) in [5.41, 5.74) is 0.486. The van der Waals surface area contributed by atoms with Crippen LogP contribution in [0.1, 0.15) is 19.8 Å². The first-order valence-corrected chi connectivity index (χ1v) is 9.43. The minimum atomic E-state index is -0.150. The van der Waals surface area contributed by atoms with Crippen molar-refractivity contribution in [3.63, 3.8) is 0 Å². The second-order valence-electron chi connectivity index (χ2n) is 6.39. The molecule has 1 fully saturated rings. The van der Waals surface area contributed by atoms with Gasteiger partial charge in [0.25, 0.3) is 5.56 Å². The van der Waals surface area contributed by atoms with Gasteiger partial charge >= 0.3 is 0 Å². The van der Waals surface area contributed by atoms with Crippen LogP contribution in [-0.4, -0.2) is 57.3 Å². The number of aromatic nitrogens is 2. The molecule has 0 saturated carbocycles. The van der Waals surface area contributed by atoms with E-state index in [1.165, 1.54) is 10.9 Å². The lowest BCUT2D eigenvalue weighted by Gasteiger charge is -2.21. The zero-order chi connectivity index (χ0) is 18.7. The van der Waals surface area contributed by atoms with E-state index in [4.69, 9.17) is 0 Å². The van der Waals surface area contributed by atoms with Gasteiger partial charge in [-0.25, -0.2) is 4.98 Å². The van der Waals surface area contributed by atoms with Crippen molar-refractivity contribution in [2.24, 2.45) is 0 Å². The molecule has 0 unspecified atom stereocenters. The number of hydrogen-bond donors (Lipinski definition) is 0. The molecule has 3 rings (SSSR count). The first-order valence-electron chi connectivity index (χ1n) is 8.63. The van der Waals surface area contributed by atoms with Crippen LogP contribution in [0.3, 0.4) is 0 Å². The van der Waals surface area contributed by atoms with Crippen LogP contribution in [-0.2, 0) is 16.1 Å². The fourth-order valence-electron chi connectivity index (χ4n) is 3.15. The maximum atomic E-state index is 12.6. The van der Waals surface area contributed by atoms with Crippen LogP contribution in [0, 0.1) is 0 Å². The molecule has 1 aromatic carbocycles. The van der Waals surface area contributed by atoms with Gasteiger partial charge in [-0.3, -0.25) is 19.0 Å². The largest absolute Gasteiger partial charge is 0.341 e. The third-order valence-corrected chi connectivity index (χ3v) is 5.14. The van der Waals surface area contributed by atoms with E-state index in [2.05, 4.69) is 20.9 Å². The van der Waals surface area contributed by atoms with Crippen molar-refractivity contribution in [1.29, 1.82) is 0 Å². The molecule has 1 aliphatic heterocycles. The van der Waals surface area contributed by atoms with Gasteiger partial charge in [0.1, 0.15) is 0 Å². The molecule has 0 bridgehead atoms. The molecule has 7 nitrogen and oxygen atoms in total. The van der Waals surface area contributed by atoms with Gasteiger partial charge in [0.15, 0.2) is 0 Å². The normalized spacial score (nSPS) is 15.2. The lowest BCUT2D eigenvalue weighted by Crippen LogP contribution is -2.37. The number of nitrogens with zero attached hydrogens (tertiary/aromatic N) is 4. The predicted octanol–water partition coefficient (Wildman–Crippen LogP) is 1.63. The fraction of sp³-hybridized carbons (Fsp3) is 0.444. The van der Waals surface area contributed by atoms with Crippen LogP contribution in [0.5, 0.6) is 0 Å². The van der Waals surface area contributed by atoms with E-state index in [1.807, 2.05) is 6.07 Å². The topological polar surface area (TPSA) is 75.5 Å². The number of hydrogen-bond acceptors (Lipinski definition) is 4. The maximum absolute atomic E-state index is 12.6. The molecule has 8 heteroatoms. The highest BCUT2D eigenvalue weighted by molar-refractivity contribution is 9.10. The molecule has 0 aliphatic carbocycles. The predicted molar refractivity (Wildman–Crippen MR) is 102 cm³/mol. The van der Waals surface area contributed by atoms with E-state index in [-0.39, 0.29) is 23.8 Å². The van der Waals surface area contributed by atoms with Crippen LogP contribution in [0.25, 0.3) is 10.9 Å². The lowest BCUT2D eigenvalue weighted by atomic mass is 10.2. The second-order valence-corrected chi connectivity index (χ2v) is 7.31. The highest BCUT2D eigenvalue weighted by atomic mass is 79.9. The van der Waals surface area contributed by atoms with E-state index in [9.17, 15) is 14.4 Å². The van der Waals surface area contributed by atoms with E-state index < -0.39 is 0 Å². The molecule has 26 heavy (non-hydrogen) atoms. The van der Waals surface area contributed by atoms with Crippen LogP contribution in [0.4, 0.5) is 0 Å². The van der Waals surface area contributed by atoms with Crippen LogP contribution < -0.4 is 5.56 Å². The van der Waals surface area contributed by atoms with Crippen LogP contribution in [0.15, 0.2) is 33.8 Å². The van der Waals surface area contributed by atoms with Crippen molar-refractivity contribution in [1.82, 2.24) is 19.4 Å². The monoisotopic (exact) mass is 420 g/mol. The van der Waals surface area contributed by atoms with Gasteiger partial charge in [-0.05, 0) is 24.6 Å². The Morgan fingerprint density at radius 3 is 2.65 bits per heavy atom. The van der Waals surface area contributed by atoms with Gasteiger partial charge in [-0.15, -0.1) is 0 Å². The van der Waals surface area contributed by atoms with E-state index in [1.54, 1.807) is 28.9 Å². The number of carbonyl (C=O) groups is 2. The Morgan fingerprint density at radius 2 is 1.88 bits per heavy atom. The molecule has 2 aromatic rings. The van der Waals surface area contributed by atoms with Crippen molar-refractivity contribution in [3.8, 4) is 0 Å². The Bertz CT molecular complexity index is 896. The zero-order valence-electron chi connectivity index (χ0n) is 14.7. The molecular weight excluding hydrogens is 400 g/mol. The Morgan fingerprint density at radius 1 is 1.15 bits per heavy atom. The Hall–Kier alpha value is -2.22. The Balaban J connectivity index is 1.66. The molecular formula is C18H21BrN4O3. The summed E-state index contributed by atoms with van der Waals surface area (Å²) >= 11 is 3.36. The number of fused-ring (bicyclic) bond motifs is 1. The van der Waals surface area contributed by atoms with Crippen LogP contribution >= 0.6 is 15.9 Å². The molecule has 1 aliphatic rings. The molecule has 1 saturated heterocycles. The average molecular weight is 421 g/mol. The summed E-state index contributed by atoms with van der Waals surface area (Å²) < 4.78 is 2.30. The number of rotatable bonds is 3. The van der Waals surface area contributed by atoms with Gasteiger partial charge in [0.2, 0.25) is 11.8 Å². The molecule has 2 amide bonds. The van der Waals surface area contributed by atoms with Crippen molar-refractivity contribution in [3.05, 3.63) is 39.4 Å². The average Bonchev–Trinajstić information content (AvgIpc) is 2.88. The molecule has 138 valence electrons. The first-order chi connectivity index (χ1) is 12.5. The quantitative estimate of drug-likeness (QED) is 0.755. The van der Waals surface area contributed by atoms with E-state index >= 15 is 0 Å². The Labute approximate surface area is 159 Å². The minimum absolute atomic E-state index is 0.00311. The molecule has 2 heterocycles. The molecule has 0 spiro atoms. The summed E-state index contributed by atoms with van der Waals surface area (Å²) in [5.74, 6) is 0.0379. The maximum Gasteiger partial charge on any atom is 0.261 e. The number of aryl methyl sites for hydroxylation is 1. The molecule has 0 radical (unpaired) electrons. The van der Waals surface area contributed by atoms with Crippen molar-refractivity contribution >= 4 is 38.6 Å². The third-order valence-electron chi connectivity index (χ3n) is 4.65. The fourth-order valence-corrected chi connectivity index (χ4v) is 3.51. The number of amides is 2. The molecule has 1 aromatic heterocycles. The summed E-state index contributed by atoms with van der Waals surface area (Å²) in [5, 5.41) is 0.529. The molecule has 0 N–H and O–H groups in total. The Kier molecular flexibility index (Phi) is 5.70.